The van der Waals surface area contributed by atoms with E-state index < -0.39 is 0 Å². The average Bonchev–Trinajstić information content (AvgIpc) is 2.85. The normalized spacial score (nSPS) is 21.1. The summed E-state index contributed by atoms with van der Waals surface area (Å²) < 4.78 is 5.47. The van der Waals surface area contributed by atoms with Gasteiger partial charge in [-0.25, -0.2) is 0 Å². The zero-order valence-corrected chi connectivity index (χ0v) is 11.6. The molecule has 2 unspecified atom stereocenters. The third-order valence-electron chi connectivity index (χ3n) is 3.74. The third-order valence-corrected chi connectivity index (χ3v) is 3.74. The maximum atomic E-state index is 5.47. The van der Waals surface area contributed by atoms with Crippen molar-refractivity contribution in [3.05, 3.63) is 35.4 Å². The molecule has 100 valence electrons. The van der Waals surface area contributed by atoms with Gasteiger partial charge in [0.25, 0.3) is 0 Å². The van der Waals surface area contributed by atoms with E-state index in [-0.39, 0.29) is 0 Å². The van der Waals surface area contributed by atoms with Crippen LogP contribution in [-0.4, -0.2) is 25.8 Å². The second kappa shape index (κ2) is 6.91. The lowest BCUT2D eigenvalue weighted by atomic mass is 9.94. The Morgan fingerprint density at radius 3 is 2.72 bits per heavy atom. The maximum Gasteiger partial charge on any atom is 0.0495 e. The van der Waals surface area contributed by atoms with E-state index in [4.69, 9.17) is 4.74 Å². The summed E-state index contributed by atoms with van der Waals surface area (Å²) in [6.45, 7) is 7.28. The topological polar surface area (TPSA) is 21.3 Å². The molecule has 1 N–H and O–H groups in total. The van der Waals surface area contributed by atoms with Gasteiger partial charge in [0, 0.05) is 19.3 Å². The Hall–Kier alpha value is -0.860. The van der Waals surface area contributed by atoms with Gasteiger partial charge >= 0.3 is 0 Å². The first-order valence-corrected chi connectivity index (χ1v) is 7.14. The van der Waals surface area contributed by atoms with E-state index in [1.165, 1.54) is 24.0 Å². The predicted molar refractivity (Wildman–Crippen MR) is 75.9 cm³/mol. The summed E-state index contributed by atoms with van der Waals surface area (Å²) in [6, 6.07) is 9.51. The van der Waals surface area contributed by atoms with Crippen molar-refractivity contribution >= 4 is 0 Å². The molecule has 0 bridgehead atoms. The Labute approximate surface area is 111 Å². The highest BCUT2D eigenvalue weighted by Crippen LogP contribution is 2.20. The van der Waals surface area contributed by atoms with Crippen molar-refractivity contribution in [2.24, 2.45) is 5.92 Å². The number of aryl methyl sites for hydroxylation is 1. The highest BCUT2D eigenvalue weighted by molar-refractivity contribution is 5.22. The van der Waals surface area contributed by atoms with Crippen LogP contribution in [0, 0.1) is 12.8 Å². The van der Waals surface area contributed by atoms with Crippen LogP contribution >= 0.6 is 0 Å². The fourth-order valence-electron chi connectivity index (χ4n) is 2.71. The second-order valence-corrected chi connectivity index (χ2v) is 5.41. The van der Waals surface area contributed by atoms with Gasteiger partial charge in [0.15, 0.2) is 0 Å². The highest BCUT2D eigenvalue weighted by Gasteiger charge is 2.20. The molecule has 1 aliphatic heterocycles. The van der Waals surface area contributed by atoms with Crippen LogP contribution in [0.3, 0.4) is 0 Å². The molecule has 1 aromatic rings. The van der Waals surface area contributed by atoms with E-state index in [2.05, 4.69) is 43.4 Å². The Morgan fingerprint density at radius 1 is 1.33 bits per heavy atom. The number of hydrogen-bond donors (Lipinski definition) is 1. The maximum absolute atomic E-state index is 5.47. The summed E-state index contributed by atoms with van der Waals surface area (Å²) in [5.41, 5.74) is 2.77. The second-order valence-electron chi connectivity index (χ2n) is 5.41. The number of rotatable bonds is 6. The standard InChI is InChI=1S/C16H25NO/c1-3-17-16(11-15-8-9-18-12-15)10-14-6-4-13(2)5-7-14/h4-7,15-17H,3,8-12H2,1-2H3. The minimum atomic E-state index is 0.587. The molecule has 0 aliphatic carbocycles. The van der Waals surface area contributed by atoms with Crippen LogP contribution in [0.15, 0.2) is 24.3 Å². The van der Waals surface area contributed by atoms with Gasteiger partial charge in [-0.15, -0.1) is 0 Å². The first kappa shape index (κ1) is 13.6. The van der Waals surface area contributed by atoms with E-state index in [0.717, 1.165) is 32.1 Å². The summed E-state index contributed by atoms with van der Waals surface area (Å²) in [4.78, 5) is 0. The molecular weight excluding hydrogens is 222 g/mol. The molecule has 2 rings (SSSR count). The smallest absolute Gasteiger partial charge is 0.0495 e. The van der Waals surface area contributed by atoms with Crippen molar-refractivity contribution < 1.29 is 4.74 Å². The van der Waals surface area contributed by atoms with Crippen LogP contribution in [0.1, 0.15) is 30.9 Å². The molecule has 0 amide bonds. The van der Waals surface area contributed by atoms with Crippen LogP contribution in [0.5, 0.6) is 0 Å². The molecule has 1 fully saturated rings. The van der Waals surface area contributed by atoms with Crippen LogP contribution in [-0.2, 0) is 11.2 Å². The molecule has 2 heteroatoms. The molecule has 1 saturated heterocycles. The van der Waals surface area contributed by atoms with Gasteiger partial charge in [0.1, 0.15) is 0 Å². The minimum absolute atomic E-state index is 0.587. The monoisotopic (exact) mass is 247 g/mol. The van der Waals surface area contributed by atoms with Crippen molar-refractivity contribution in [1.29, 1.82) is 0 Å². The van der Waals surface area contributed by atoms with Crippen molar-refractivity contribution in [3.8, 4) is 0 Å². The van der Waals surface area contributed by atoms with Crippen LogP contribution in [0.2, 0.25) is 0 Å². The van der Waals surface area contributed by atoms with Crippen LogP contribution in [0.25, 0.3) is 0 Å². The van der Waals surface area contributed by atoms with Gasteiger partial charge in [-0.1, -0.05) is 36.8 Å². The number of nitrogens with one attached hydrogen (secondary N) is 1. The molecule has 1 aliphatic rings. The number of hydrogen-bond acceptors (Lipinski definition) is 2. The van der Waals surface area contributed by atoms with E-state index in [1.807, 2.05) is 0 Å². The van der Waals surface area contributed by atoms with Gasteiger partial charge in [-0.05, 0) is 44.2 Å². The van der Waals surface area contributed by atoms with Crippen molar-refractivity contribution in [2.45, 2.75) is 39.2 Å². The molecule has 2 atom stereocenters. The van der Waals surface area contributed by atoms with Crippen molar-refractivity contribution in [2.75, 3.05) is 19.8 Å². The molecule has 1 aromatic carbocycles. The zero-order chi connectivity index (χ0) is 12.8. The first-order chi connectivity index (χ1) is 8.78. The molecule has 18 heavy (non-hydrogen) atoms. The molecule has 0 aromatic heterocycles. The molecule has 0 saturated carbocycles. The van der Waals surface area contributed by atoms with Crippen molar-refractivity contribution in [1.82, 2.24) is 5.32 Å². The lowest BCUT2D eigenvalue weighted by Crippen LogP contribution is -2.33. The zero-order valence-electron chi connectivity index (χ0n) is 11.6. The highest BCUT2D eigenvalue weighted by atomic mass is 16.5. The molecule has 0 radical (unpaired) electrons. The van der Waals surface area contributed by atoms with Gasteiger partial charge in [-0.2, -0.15) is 0 Å². The third kappa shape index (κ3) is 4.11. The number of likely N-dealkylation sites (N-methyl/N-ethyl adjacent to an activating group) is 1. The summed E-state index contributed by atoms with van der Waals surface area (Å²) in [6.07, 6.45) is 3.60. The van der Waals surface area contributed by atoms with Gasteiger partial charge in [0.05, 0.1) is 0 Å². The largest absolute Gasteiger partial charge is 0.381 e. The SMILES string of the molecule is CCNC(Cc1ccc(C)cc1)CC1CCOC1. The van der Waals surface area contributed by atoms with Crippen LogP contribution in [0.4, 0.5) is 0 Å². The summed E-state index contributed by atoms with van der Waals surface area (Å²) in [7, 11) is 0. The van der Waals surface area contributed by atoms with E-state index >= 15 is 0 Å². The minimum Gasteiger partial charge on any atom is -0.381 e. The van der Waals surface area contributed by atoms with Gasteiger partial charge in [-0.3, -0.25) is 0 Å². The van der Waals surface area contributed by atoms with E-state index in [0.29, 0.717) is 6.04 Å². The lowest BCUT2D eigenvalue weighted by molar-refractivity contribution is 0.181. The van der Waals surface area contributed by atoms with Gasteiger partial charge in [0.2, 0.25) is 0 Å². The summed E-state index contributed by atoms with van der Waals surface area (Å²) >= 11 is 0. The molecule has 0 spiro atoms. The van der Waals surface area contributed by atoms with Gasteiger partial charge < -0.3 is 10.1 Å². The van der Waals surface area contributed by atoms with Crippen molar-refractivity contribution in [3.63, 3.8) is 0 Å². The average molecular weight is 247 g/mol. The van der Waals surface area contributed by atoms with Crippen LogP contribution < -0.4 is 5.32 Å². The first-order valence-electron chi connectivity index (χ1n) is 7.14. The Balaban J connectivity index is 1.90. The van der Waals surface area contributed by atoms with E-state index in [9.17, 15) is 0 Å². The Kier molecular flexibility index (Phi) is 5.21. The fourth-order valence-corrected chi connectivity index (χ4v) is 2.71. The summed E-state index contributed by atoms with van der Waals surface area (Å²) in [5.74, 6) is 0.750. The summed E-state index contributed by atoms with van der Waals surface area (Å²) in [5, 5.41) is 3.62. The molecular formula is C16H25NO. The molecule has 1 heterocycles. The predicted octanol–water partition coefficient (Wildman–Crippen LogP) is 2.94. The fraction of sp³-hybridized carbons (Fsp3) is 0.625. The number of ether oxygens (including phenoxy) is 1. The van der Waals surface area contributed by atoms with E-state index in [1.54, 1.807) is 0 Å². The lowest BCUT2D eigenvalue weighted by Gasteiger charge is -2.21. The number of benzene rings is 1. The Bertz CT molecular complexity index is 341. The molecule has 2 nitrogen and oxygen atoms in total. The Morgan fingerprint density at radius 2 is 2.11 bits per heavy atom. The quantitative estimate of drug-likeness (QED) is 0.834.